The topological polar surface area (TPSA) is 83.7 Å². The molecule has 0 aromatic heterocycles. The molecule has 1 aliphatic heterocycles. The van der Waals surface area contributed by atoms with Crippen molar-refractivity contribution in [3.8, 4) is 0 Å². The fourth-order valence-electron chi connectivity index (χ4n) is 1.96. The average Bonchev–Trinajstić information content (AvgIpc) is 2.40. The van der Waals surface area contributed by atoms with Gasteiger partial charge < -0.3 is 4.90 Å². The molecule has 0 atom stereocenters. The number of hydrogen-bond acceptors (Lipinski definition) is 3. The van der Waals surface area contributed by atoms with Gasteiger partial charge in [-0.1, -0.05) is 11.6 Å². The number of nitrogens with two attached hydrogens (primary N) is 1. The molecule has 2 rings (SSSR count). The molecule has 2 N–H and O–H groups in total. The molecule has 0 aliphatic carbocycles. The smallest absolute Gasteiger partial charge is 0.277 e. The van der Waals surface area contributed by atoms with Gasteiger partial charge in [0.25, 0.3) is 16.1 Å². The summed E-state index contributed by atoms with van der Waals surface area (Å²) in [6.45, 7) is 0.667. The summed E-state index contributed by atoms with van der Waals surface area (Å²) < 4.78 is 36.7. The van der Waals surface area contributed by atoms with Crippen LogP contribution in [0.15, 0.2) is 18.2 Å². The van der Waals surface area contributed by atoms with E-state index < -0.39 is 16.0 Å². The lowest BCUT2D eigenvalue weighted by atomic mass is 10.2. The van der Waals surface area contributed by atoms with Crippen molar-refractivity contribution >= 4 is 27.7 Å². The maximum Gasteiger partial charge on any atom is 0.277 e. The molecule has 1 aromatic rings. The molecule has 0 spiro atoms. The van der Waals surface area contributed by atoms with Gasteiger partial charge in [-0.05, 0) is 18.2 Å². The molecule has 0 unspecified atom stereocenters. The number of carbonyl (C=O) groups excluding carboxylic acids is 1. The number of nitrogens with zero attached hydrogens (tertiary/aromatic N) is 2. The molecular weight excluding hydrogens is 309 g/mol. The predicted octanol–water partition coefficient (Wildman–Crippen LogP) is 0.440. The molecule has 20 heavy (non-hydrogen) atoms. The Hall–Kier alpha value is -1.22. The molecule has 1 aliphatic rings. The van der Waals surface area contributed by atoms with Crippen molar-refractivity contribution in [2.75, 3.05) is 26.2 Å². The first-order chi connectivity index (χ1) is 9.29. The quantitative estimate of drug-likeness (QED) is 0.858. The Morgan fingerprint density at radius 2 is 1.85 bits per heavy atom. The fourth-order valence-corrected chi connectivity index (χ4v) is 2.75. The first-order valence-electron chi connectivity index (χ1n) is 5.81. The lowest BCUT2D eigenvalue weighted by molar-refractivity contribution is 0.0697. The van der Waals surface area contributed by atoms with Gasteiger partial charge in [0.05, 0.1) is 5.02 Å². The van der Waals surface area contributed by atoms with Crippen LogP contribution in [-0.2, 0) is 10.2 Å². The Bertz CT molecular complexity index is 630. The number of hydrogen-bond donors (Lipinski definition) is 1. The van der Waals surface area contributed by atoms with Crippen LogP contribution < -0.4 is 5.14 Å². The van der Waals surface area contributed by atoms with Gasteiger partial charge in [-0.2, -0.15) is 12.7 Å². The Balaban J connectivity index is 2.07. The molecule has 9 heteroatoms. The molecule has 1 saturated heterocycles. The SMILES string of the molecule is NS(=O)(=O)N1CCN(C(=O)c2ccc(Cl)c(F)c2)CC1. The molecule has 110 valence electrons. The van der Waals surface area contributed by atoms with Gasteiger partial charge >= 0.3 is 0 Å². The van der Waals surface area contributed by atoms with Crippen LogP contribution in [0.5, 0.6) is 0 Å². The molecule has 1 heterocycles. The summed E-state index contributed by atoms with van der Waals surface area (Å²) in [6.07, 6.45) is 0. The number of carbonyl (C=O) groups is 1. The average molecular weight is 322 g/mol. The van der Waals surface area contributed by atoms with E-state index in [0.29, 0.717) is 0 Å². The van der Waals surface area contributed by atoms with Crippen molar-refractivity contribution in [2.45, 2.75) is 0 Å². The van der Waals surface area contributed by atoms with Gasteiger partial charge in [0.1, 0.15) is 5.82 Å². The van der Waals surface area contributed by atoms with E-state index in [1.807, 2.05) is 0 Å². The van der Waals surface area contributed by atoms with E-state index in [0.717, 1.165) is 10.4 Å². The van der Waals surface area contributed by atoms with Crippen molar-refractivity contribution in [3.05, 3.63) is 34.6 Å². The van der Waals surface area contributed by atoms with Crippen LogP contribution >= 0.6 is 11.6 Å². The summed E-state index contributed by atoms with van der Waals surface area (Å²) in [4.78, 5) is 13.6. The van der Waals surface area contributed by atoms with Gasteiger partial charge in [-0.25, -0.2) is 9.53 Å². The Labute approximate surface area is 121 Å². The van der Waals surface area contributed by atoms with Gasteiger partial charge in [0.2, 0.25) is 0 Å². The minimum atomic E-state index is -3.73. The summed E-state index contributed by atoms with van der Waals surface area (Å²) in [6, 6.07) is 3.81. The number of rotatable bonds is 2. The van der Waals surface area contributed by atoms with E-state index in [-0.39, 0.29) is 42.7 Å². The lowest BCUT2D eigenvalue weighted by Crippen LogP contribution is -2.52. The van der Waals surface area contributed by atoms with Crippen LogP contribution in [0.25, 0.3) is 0 Å². The number of piperazine rings is 1. The largest absolute Gasteiger partial charge is 0.336 e. The maximum atomic E-state index is 13.3. The normalized spacial score (nSPS) is 17.2. The van der Waals surface area contributed by atoms with Crippen LogP contribution in [0, 0.1) is 5.82 Å². The van der Waals surface area contributed by atoms with Crippen molar-refractivity contribution < 1.29 is 17.6 Å². The van der Waals surface area contributed by atoms with E-state index in [1.54, 1.807) is 0 Å². The molecule has 1 fully saturated rings. The standard InChI is InChI=1S/C11H13ClFN3O3S/c12-9-2-1-8(7-10(9)13)11(17)15-3-5-16(6-4-15)20(14,18)19/h1-2,7H,3-6H2,(H2,14,18,19). The lowest BCUT2D eigenvalue weighted by Gasteiger charge is -2.33. The zero-order valence-corrected chi connectivity index (χ0v) is 12.0. The zero-order chi connectivity index (χ0) is 14.9. The van der Waals surface area contributed by atoms with E-state index >= 15 is 0 Å². The Morgan fingerprint density at radius 1 is 1.25 bits per heavy atom. The van der Waals surface area contributed by atoms with E-state index in [4.69, 9.17) is 16.7 Å². The van der Waals surface area contributed by atoms with E-state index in [9.17, 15) is 17.6 Å². The first-order valence-corrected chi connectivity index (χ1v) is 7.69. The molecule has 0 bridgehead atoms. The number of benzene rings is 1. The third-order valence-electron chi connectivity index (χ3n) is 3.05. The second kappa shape index (κ2) is 5.65. The summed E-state index contributed by atoms with van der Waals surface area (Å²) >= 11 is 5.55. The summed E-state index contributed by atoms with van der Waals surface area (Å²) in [7, 11) is -3.73. The fraction of sp³-hybridized carbons (Fsp3) is 0.364. The molecule has 1 amide bonds. The predicted molar refractivity (Wildman–Crippen MR) is 72.0 cm³/mol. The van der Waals surface area contributed by atoms with E-state index in [1.165, 1.54) is 17.0 Å². The summed E-state index contributed by atoms with van der Waals surface area (Å²) in [5, 5.41) is 4.95. The highest BCUT2D eigenvalue weighted by Gasteiger charge is 2.27. The minimum absolute atomic E-state index is 0.0550. The van der Waals surface area contributed by atoms with Crippen molar-refractivity contribution in [3.63, 3.8) is 0 Å². The monoisotopic (exact) mass is 321 g/mol. The van der Waals surface area contributed by atoms with Gasteiger partial charge in [-0.3, -0.25) is 4.79 Å². The maximum absolute atomic E-state index is 13.3. The van der Waals surface area contributed by atoms with Crippen LogP contribution in [0.2, 0.25) is 5.02 Å². The summed E-state index contributed by atoms with van der Waals surface area (Å²) in [5.41, 5.74) is 0.177. The van der Waals surface area contributed by atoms with Gasteiger partial charge in [-0.15, -0.1) is 0 Å². The van der Waals surface area contributed by atoms with Crippen LogP contribution in [0.1, 0.15) is 10.4 Å². The second-order valence-corrected chi connectivity index (χ2v) is 6.32. The van der Waals surface area contributed by atoms with Crippen molar-refractivity contribution in [1.29, 1.82) is 0 Å². The van der Waals surface area contributed by atoms with Gasteiger partial charge in [0, 0.05) is 31.7 Å². The molecule has 6 nitrogen and oxygen atoms in total. The van der Waals surface area contributed by atoms with Crippen LogP contribution in [-0.4, -0.2) is 49.7 Å². The Kier molecular flexibility index (Phi) is 4.28. The minimum Gasteiger partial charge on any atom is -0.336 e. The van der Waals surface area contributed by atoms with Crippen LogP contribution in [0.3, 0.4) is 0 Å². The van der Waals surface area contributed by atoms with E-state index in [2.05, 4.69) is 0 Å². The number of amides is 1. The Morgan fingerprint density at radius 3 is 2.35 bits per heavy atom. The third kappa shape index (κ3) is 3.26. The molecule has 1 aromatic carbocycles. The summed E-state index contributed by atoms with van der Waals surface area (Å²) in [5.74, 6) is -1.03. The zero-order valence-electron chi connectivity index (χ0n) is 10.4. The second-order valence-electron chi connectivity index (χ2n) is 4.37. The molecular formula is C11H13ClFN3O3S. The van der Waals surface area contributed by atoms with Crippen molar-refractivity contribution in [2.24, 2.45) is 5.14 Å². The number of halogens is 2. The highest BCUT2D eigenvalue weighted by Crippen LogP contribution is 2.17. The highest BCUT2D eigenvalue weighted by molar-refractivity contribution is 7.86. The van der Waals surface area contributed by atoms with Crippen molar-refractivity contribution in [1.82, 2.24) is 9.21 Å². The third-order valence-corrected chi connectivity index (χ3v) is 4.44. The highest BCUT2D eigenvalue weighted by atomic mass is 35.5. The van der Waals surface area contributed by atoms with Crippen LogP contribution in [0.4, 0.5) is 4.39 Å². The van der Waals surface area contributed by atoms with Gasteiger partial charge in [0.15, 0.2) is 0 Å². The molecule has 0 saturated carbocycles. The first kappa shape index (κ1) is 15.2. The molecule has 0 radical (unpaired) electrons.